The molecule has 0 bridgehead atoms. The molecule has 8 heteroatoms. The highest BCUT2D eigenvalue weighted by Crippen LogP contribution is 2.24. The summed E-state index contributed by atoms with van der Waals surface area (Å²) in [5.74, 6) is 0.0137. The average Bonchev–Trinajstić information content (AvgIpc) is 3.10. The third-order valence-electron chi connectivity index (χ3n) is 6.12. The summed E-state index contributed by atoms with van der Waals surface area (Å²) in [6, 6.07) is 5.64. The first-order valence-corrected chi connectivity index (χ1v) is 11.3. The fraction of sp³-hybridized carbons (Fsp3) is 0.478. The second-order valence-electron chi connectivity index (χ2n) is 8.27. The Bertz CT molecular complexity index is 1030. The van der Waals surface area contributed by atoms with Gasteiger partial charge in [-0.05, 0) is 45.0 Å². The predicted octanol–water partition coefficient (Wildman–Crippen LogP) is 4.38. The number of pyridine rings is 1. The van der Waals surface area contributed by atoms with Crippen molar-refractivity contribution < 1.29 is 4.79 Å². The molecule has 164 valence electrons. The minimum absolute atomic E-state index is 0.0137. The number of likely N-dealkylation sites (tertiary alicyclic amines) is 1. The summed E-state index contributed by atoms with van der Waals surface area (Å²) < 4.78 is 1.95. The van der Waals surface area contributed by atoms with Crippen molar-refractivity contribution in [1.29, 1.82) is 0 Å². The van der Waals surface area contributed by atoms with E-state index in [2.05, 4.69) is 21.8 Å². The molecule has 7 nitrogen and oxygen atoms in total. The summed E-state index contributed by atoms with van der Waals surface area (Å²) in [7, 11) is 2.03. The Hall–Kier alpha value is -2.51. The third-order valence-corrected chi connectivity index (χ3v) is 6.34. The van der Waals surface area contributed by atoms with Crippen LogP contribution >= 0.6 is 11.6 Å². The Morgan fingerprint density at radius 3 is 2.61 bits per heavy atom. The molecule has 4 rings (SSSR count). The van der Waals surface area contributed by atoms with Crippen molar-refractivity contribution in [2.45, 2.75) is 51.6 Å². The lowest BCUT2D eigenvalue weighted by atomic mass is 10.1. The van der Waals surface area contributed by atoms with Gasteiger partial charge in [-0.2, -0.15) is 0 Å². The monoisotopic (exact) mass is 440 g/mol. The fourth-order valence-corrected chi connectivity index (χ4v) is 4.30. The van der Waals surface area contributed by atoms with E-state index in [1.54, 1.807) is 12.5 Å². The number of carbonyl (C=O) groups excluding carboxylic acids is 1. The summed E-state index contributed by atoms with van der Waals surface area (Å²) >= 11 is 6.29. The minimum atomic E-state index is 0.0137. The van der Waals surface area contributed by atoms with Gasteiger partial charge in [0.2, 0.25) is 0 Å². The molecule has 3 aromatic heterocycles. The second-order valence-corrected chi connectivity index (χ2v) is 8.70. The van der Waals surface area contributed by atoms with Gasteiger partial charge in [0.05, 0.1) is 16.4 Å². The number of hydrogen-bond acceptors (Lipinski definition) is 5. The van der Waals surface area contributed by atoms with Crippen molar-refractivity contribution in [2.24, 2.45) is 0 Å². The number of rotatable bonds is 5. The second kappa shape index (κ2) is 9.75. The Balaban J connectivity index is 1.67. The van der Waals surface area contributed by atoms with E-state index in [0.717, 1.165) is 43.0 Å². The van der Waals surface area contributed by atoms with Gasteiger partial charge in [0.15, 0.2) is 5.69 Å². The molecule has 1 aliphatic rings. The number of aromatic nitrogens is 4. The smallest absolute Gasteiger partial charge is 0.274 e. The van der Waals surface area contributed by atoms with E-state index in [4.69, 9.17) is 16.6 Å². The lowest BCUT2D eigenvalue weighted by Gasteiger charge is -2.26. The molecule has 0 radical (unpaired) electrons. The summed E-state index contributed by atoms with van der Waals surface area (Å²) in [6.45, 7) is 4.22. The van der Waals surface area contributed by atoms with Crippen molar-refractivity contribution in [3.05, 3.63) is 59.0 Å². The minimum Gasteiger partial charge on any atom is -0.337 e. The summed E-state index contributed by atoms with van der Waals surface area (Å²) in [5.41, 5.74) is 3.04. The number of fused-ring (bicyclic) bond motifs is 1. The van der Waals surface area contributed by atoms with E-state index in [0.29, 0.717) is 17.3 Å². The first-order valence-electron chi connectivity index (χ1n) is 11.0. The van der Waals surface area contributed by atoms with Gasteiger partial charge in [-0.3, -0.25) is 9.69 Å². The zero-order valence-electron chi connectivity index (χ0n) is 18.2. The van der Waals surface area contributed by atoms with E-state index in [1.165, 1.54) is 19.3 Å². The lowest BCUT2D eigenvalue weighted by Crippen LogP contribution is -2.35. The Labute approximate surface area is 188 Å². The molecule has 31 heavy (non-hydrogen) atoms. The molecule has 3 aromatic rings. The molecule has 1 fully saturated rings. The summed E-state index contributed by atoms with van der Waals surface area (Å²) in [4.78, 5) is 30.8. The van der Waals surface area contributed by atoms with Crippen LogP contribution in [0.3, 0.4) is 0 Å². The zero-order valence-corrected chi connectivity index (χ0v) is 18.9. The van der Waals surface area contributed by atoms with E-state index in [9.17, 15) is 4.79 Å². The molecular weight excluding hydrogens is 412 g/mol. The van der Waals surface area contributed by atoms with Crippen molar-refractivity contribution in [2.75, 3.05) is 20.1 Å². The summed E-state index contributed by atoms with van der Waals surface area (Å²) in [5, 5.41) is 0.614. The van der Waals surface area contributed by atoms with Gasteiger partial charge in [-0.15, -0.1) is 0 Å². The molecule has 0 aromatic carbocycles. The van der Waals surface area contributed by atoms with Crippen LogP contribution < -0.4 is 0 Å². The molecule has 4 heterocycles. The predicted molar refractivity (Wildman–Crippen MR) is 121 cm³/mol. The molecule has 1 atom stereocenters. The van der Waals surface area contributed by atoms with E-state index < -0.39 is 0 Å². The zero-order chi connectivity index (χ0) is 21.8. The molecule has 1 amide bonds. The molecule has 1 saturated heterocycles. The normalized spacial score (nSPS) is 16.3. The highest BCUT2D eigenvalue weighted by molar-refractivity contribution is 6.30. The largest absolute Gasteiger partial charge is 0.337 e. The highest BCUT2D eigenvalue weighted by atomic mass is 35.5. The van der Waals surface area contributed by atoms with Crippen LogP contribution in [-0.2, 0) is 6.54 Å². The lowest BCUT2D eigenvalue weighted by molar-refractivity contribution is 0.0734. The van der Waals surface area contributed by atoms with Crippen LogP contribution in [0, 0.1) is 0 Å². The quantitative estimate of drug-likeness (QED) is 0.589. The number of amides is 1. The van der Waals surface area contributed by atoms with Gasteiger partial charge in [-0.1, -0.05) is 30.9 Å². The highest BCUT2D eigenvalue weighted by Gasteiger charge is 2.26. The van der Waals surface area contributed by atoms with Crippen molar-refractivity contribution >= 4 is 23.2 Å². The van der Waals surface area contributed by atoms with Gasteiger partial charge in [0.25, 0.3) is 5.91 Å². The number of imidazole rings is 1. The number of hydrogen-bond donors (Lipinski definition) is 0. The Morgan fingerprint density at radius 1 is 1.16 bits per heavy atom. The van der Waals surface area contributed by atoms with Crippen molar-refractivity contribution in [1.82, 2.24) is 29.2 Å². The third kappa shape index (κ3) is 4.88. The first kappa shape index (κ1) is 21.7. The van der Waals surface area contributed by atoms with Gasteiger partial charge < -0.3 is 9.30 Å². The Kier molecular flexibility index (Phi) is 6.83. The van der Waals surface area contributed by atoms with Crippen LogP contribution in [0.15, 0.2) is 36.9 Å². The van der Waals surface area contributed by atoms with E-state index >= 15 is 0 Å². The number of halogens is 1. The van der Waals surface area contributed by atoms with Crippen LogP contribution in [0.4, 0.5) is 0 Å². The number of nitrogens with zero attached hydrogens (tertiary/aromatic N) is 6. The molecule has 0 spiro atoms. The molecular formula is C23H29ClN6O. The topological polar surface area (TPSA) is 66.6 Å². The SMILES string of the molecule is CC(c1ccncn1)N(C)Cc1c(C(=O)N2CCCCCCC2)nc2ccc(Cl)cn12. The van der Waals surface area contributed by atoms with Crippen molar-refractivity contribution in [3.63, 3.8) is 0 Å². The molecule has 0 aliphatic carbocycles. The molecule has 1 aliphatic heterocycles. The van der Waals surface area contributed by atoms with Crippen LogP contribution in [0.25, 0.3) is 5.65 Å². The van der Waals surface area contributed by atoms with Gasteiger partial charge >= 0.3 is 0 Å². The average molecular weight is 441 g/mol. The molecule has 0 saturated carbocycles. The van der Waals surface area contributed by atoms with Crippen LogP contribution in [0.2, 0.25) is 5.02 Å². The van der Waals surface area contributed by atoms with E-state index in [1.807, 2.05) is 40.7 Å². The Morgan fingerprint density at radius 2 is 1.90 bits per heavy atom. The van der Waals surface area contributed by atoms with Crippen LogP contribution in [0.5, 0.6) is 0 Å². The molecule has 1 unspecified atom stereocenters. The number of carbonyl (C=O) groups is 1. The molecule has 0 N–H and O–H groups in total. The maximum atomic E-state index is 13.5. The van der Waals surface area contributed by atoms with Crippen molar-refractivity contribution in [3.8, 4) is 0 Å². The maximum Gasteiger partial charge on any atom is 0.274 e. The standard InChI is InChI=1S/C23H29ClN6O/c1-17(19-10-11-25-16-26-19)28(2)15-20-22(27-21-9-8-18(24)14-30(20)21)23(31)29-12-6-4-3-5-7-13-29/h8-11,14,16-17H,3-7,12-13,15H2,1-2H3. The van der Waals surface area contributed by atoms with Gasteiger partial charge in [0, 0.05) is 38.1 Å². The fourth-order valence-electron chi connectivity index (χ4n) is 4.14. The first-order chi connectivity index (χ1) is 15.0. The van der Waals surface area contributed by atoms with E-state index in [-0.39, 0.29) is 11.9 Å². The van der Waals surface area contributed by atoms with Gasteiger partial charge in [-0.25, -0.2) is 15.0 Å². The summed E-state index contributed by atoms with van der Waals surface area (Å²) in [6.07, 6.45) is 10.9. The van der Waals surface area contributed by atoms with Crippen LogP contribution in [-0.4, -0.2) is 55.2 Å². The van der Waals surface area contributed by atoms with Crippen LogP contribution in [0.1, 0.15) is 66.9 Å². The maximum absolute atomic E-state index is 13.5. The van der Waals surface area contributed by atoms with Gasteiger partial charge in [0.1, 0.15) is 12.0 Å².